The van der Waals surface area contributed by atoms with Gasteiger partial charge in [-0.25, -0.2) is 5.32 Å². The second-order valence-electron chi connectivity index (χ2n) is 4.73. The maximum atomic E-state index is 12.2. The normalized spacial score (nSPS) is 17.5. The van der Waals surface area contributed by atoms with E-state index >= 15 is 0 Å². The number of carbonyl (C=O) groups excluding carboxylic acids is 1. The number of carbonyl (C=O) groups is 1. The monoisotopic (exact) mass is 247 g/mol. The van der Waals surface area contributed by atoms with Crippen molar-refractivity contribution in [2.75, 3.05) is 0 Å². The van der Waals surface area contributed by atoms with Gasteiger partial charge in [0.25, 0.3) is 5.91 Å². The molecule has 1 unspecified atom stereocenters. The molecule has 1 aliphatic heterocycles. The first kappa shape index (κ1) is 10.4. The topological polar surface area (TPSA) is 47.0 Å². The third-order valence-corrected chi connectivity index (χ3v) is 3.66. The Hall–Kier alpha value is -2.55. The van der Waals surface area contributed by atoms with Gasteiger partial charge in [0.05, 0.1) is 11.6 Å². The van der Waals surface area contributed by atoms with Crippen molar-refractivity contribution >= 4 is 22.5 Å². The Labute approximate surface area is 110 Å². The zero-order valence-corrected chi connectivity index (χ0v) is 10.1. The van der Waals surface area contributed by atoms with E-state index in [1.54, 1.807) is 0 Å². The second-order valence-corrected chi connectivity index (χ2v) is 4.73. The van der Waals surface area contributed by atoms with E-state index in [0.717, 1.165) is 27.7 Å². The molecule has 0 fully saturated rings. The predicted octanol–water partition coefficient (Wildman–Crippen LogP) is 3.08. The van der Waals surface area contributed by atoms with Crippen LogP contribution in [0.25, 0.3) is 10.9 Å². The first-order valence-corrected chi connectivity index (χ1v) is 6.25. The fourth-order valence-corrected chi connectivity index (χ4v) is 2.78. The molecule has 0 bridgehead atoms. The number of nitrogens with zero attached hydrogens (tertiary/aromatic N) is 1. The molecule has 1 N–H and O–H groups in total. The van der Waals surface area contributed by atoms with Crippen molar-refractivity contribution in [1.29, 1.82) is 0 Å². The maximum Gasteiger partial charge on any atom is 0.258 e. The number of nitrogens with one attached hydrogen (secondary N) is 1. The summed E-state index contributed by atoms with van der Waals surface area (Å²) in [4.78, 5) is 15.4. The molecule has 2 aromatic carbocycles. The smallest absolute Gasteiger partial charge is 0.258 e. The Morgan fingerprint density at radius 1 is 0.947 bits per heavy atom. The SMILES string of the molecule is O=C1[N]c2ccccc2C1c1c[nH]c2ccccc12. The third kappa shape index (κ3) is 1.41. The van der Waals surface area contributed by atoms with Crippen LogP contribution in [0.2, 0.25) is 0 Å². The van der Waals surface area contributed by atoms with E-state index in [9.17, 15) is 4.79 Å². The fourth-order valence-electron chi connectivity index (χ4n) is 2.78. The van der Waals surface area contributed by atoms with Crippen molar-refractivity contribution in [1.82, 2.24) is 10.3 Å². The fraction of sp³-hybridized carbons (Fsp3) is 0.0625. The standard InChI is InChI=1S/C16H11N2O/c19-16-15(11-6-2-4-8-14(11)18-16)12-9-17-13-7-3-1-5-10(12)13/h1-9,15,17H. The zero-order valence-electron chi connectivity index (χ0n) is 10.1. The quantitative estimate of drug-likeness (QED) is 0.705. The van der Waals surface area contributed by atoms with Crippen LogP contribution in [0.3, 0.4) is 0 Å². The van der Waals surface area contributed by atoms with Gasteiger partial charge in [-0.1, -0.05) is 36.4 Å². The largest absolute Gasteiger partial charge is 0.361 e. The van der Waals surface area contributed by atoms with Crippen LogP contribution >= 0.6 is 0 Å². The van der Waals surface area contributed by atoms with Gasteiger partial charge in [0.1, 0.15) is 0 Å². The summed E-state index contributed by atoms with van der Waals surface area (Å²) in [5, 5.41) is 5.23. The zero-order chi connectivity index (χ0) is 12.8. The number of aromatic amines is 1. The van der Waals surface area contributed by atoms with E-state index in [1.165, 1.54) is 0 Å². The van der Waals surface area contributed by atoms with Gasteiger partial charge in [0.2, 0.25) is 0 Å². The Kier molecular flexibility index (Phi) is 2.03. The summed E-state index contributed by atoms with van der Waals surface area (Å²) < 4.78 is 0. The lowest BCUT2D eigenvalue weighted by molar-refractivity contribution is -0.120. The second kappa shape index (κ2) is 3.72. The molecule has 1 amide bonds. The van der Waals surface area contributed by atoms with Crippen LogP contribution in [0, 0.1) is 0 Å². The summed E-state index contributed by atoms with van der Waals surface area (Å²) in [6.45, 7) is 0. The molecule has 3 heteroatoms. The highest BCUT2D eigenvalue weighted by Crippen LogP contribution is 2.39. The molecule has 0 aliphatic carbocycles. The molecule has 4 rings (SSSR count). The number of H-pyrrole nitrogens is 1. The molecule has 2 heterocycles. The van der Waals surface area contributed by atoms with Crippen LogP contribution in [0.4, 0.5) is 5.69 Å². The number of para-hydroxylation sites is 2. The molecular weight excluding hydrogens is 236 g/mol. The van der Waals surface area contributed by atoms with Crippen molar-refractivity contribution in [2.45, 2.75) is 5.92 Å². The number of hydrogen-bond donors (Lipinski definition) is 1. The van der Waals surface area contributed by atoms with Gasteiger partial charge in [0.15, 0.2) is 0 Å². The Balaban J connectivity index is 1.95. The minimum absolute atomic E-state index is 0.0778. The van der Waals surface area contributed by atoms with Gasteiger partial charge in [-0.15, -0.1) is 0 Å². The van der Waals surface area contributed by atoms with Crippen LogP contribution in [0.5, 0.6) is 0 Å². The van der Waals surface area contributed by atoms with E-state index in [2.05, 4.69) is 10.3 Å². The number of rotatable bonds is 1. The van der Waals surface area contributed by atoms with Gasteiger partial charge < -0.3 is 4.98 Å². The molecule has 91 valence electrons. The molecule has 0 saturated carbocycles. The summed E-state index contributed by atoms with van der Waals surface area (Å²) in [5.41, 5.74) is 3.85. The molecule has 0 spiro atoms. The Bertz CT molecular complexity index is 788. The van der Waals surface area contributed by atoms with E-state index in [-0.39, 0.29) is 11.8 Å². The van der Waals surface area contributed by atoms with E-state index < -0.39 is 0 Å². The summed E-state index contributed by atoms with van der Waals surface area (Å²) >= 11 is 0. The molecule has 1 aliphatic rings. The Morgan fingerprint density at radius 3 is 2.68 bits per heavy atom. The van der Waals surface area contributed by atoms with Crippen LogP contribution in [-0.4, -0.2) is 10.9 Å². The van der Waals surface area contributed by atoms with Crippen LogP contribution in [0.1, 0.15) is 17.0 Å². The number of hydrogen-bond acceptors (Lipinski definition) is 1. The summed E-state index contributed by atoms with van der Waals surface area (Å²) in [6.07, 6.45) is 1.92. The summed E-state index contributed by atoms with van der Waals surface area (Å²) in [5.74, 6) is -0.349. The third-order valence-electron chi connectivity index (χ3n) is 3.66. The molecule has 1 radical (unpaired) electrons. The molecular formula is C16H11N2O. The van der Waals surface area contributed by atoms with Crippen LogP contribution < -0.4 is 5.32 Å². The van der Waals surface area contributed by atoms with E-state index in [4.69, 9.17) is 0 Å². The number of benzene rings is 2. The molecule has 1 aromatic heterocycles. The highest BCUT2D eigenvalue weighted by molar-refractivity contribution is 6.00. The minimum Gasteiger partial charge on any atom is -0.361 e. The van der Waals surface area contributed by atoms with Gasteiger partial charge in [-0.3, -0.25) is 4.79 Å². The van der Waals surface area contributed by atoms with Crippen molar-refractivity contribution in [3.05, 3.63) is 65.9 Å². The summed E-state index contributed by atoms with van der Waals surface area (Å²) in [6, 6.07) is 15.8. The lowest BCUT2D eigenvalue weighted by Crippen LogP contribution is -2.12. The van der Waals surface area contributed by atoms with Crippen molar-refractivity contribution in [2.24, 2.45) is 0 Å². The molecule has 1 atom stereocenters. The average Bonchev–Trinajstić information content (AvgIpc) is 2.98. The van der Waals surface area contributed by atoms with Crippen LogP contribution in [0.15, 0.2) is 54.7 Å². The molecule has 3 nitrogen and oxygen atoms in total. The van der Waals surface area contributed by atoms with Crippen molar-refractivity contribution < 1.29 is 4.79 Å². The first-order valence-electron chi connectivity index (χ1n) is 6.25. The van der Waals surface area contributed by atoms with Gasteiger partial charge in [-0.05, 0) is 23.3 Å². The van der Waals surface area contributed by atoms with Gasteiger partial charge >= 0.3 is 0 Å². The maximum absolute atomic E-state index is 12.2. The number of aromatic nitrogens is 1. The molecule has 19 heavy (non-hydrogen) atoms. The first-order chi connectivity index (χ1) is 9.34. The number of amides is 1. The van der Waals surface area contributed by atoms with Crippen LogP contribution in [-0.2, 0) is 4.79 Å². The molecule has 0 saturated heterocycles. The molecule has 3 aromatic rings. The predicted molar refractivity (Wildman–Crippen MR) is 73.4 cm³/mol. The van der Waals surface area contributed by atoms with Gasteiger partial charge in [0, 0.05) is 17.1 Å². The number of fused-ring (bicyclic) bond motifs is 2. The summed E-state index contributed by atoms with van der Waals surface area (Å²) in [7, 11) is 0. The van der Waals surface area contributed by atoms with E-state index in [1.807, 2.05) is 54.7 Å². The van der Waals surface area contributed by atoms with E-state index in [0.29, 0.717) is 0 Å². The van der Waals surface area contributed by atoms with Gasteiger partial charge in [-0.2, -0.15) is 0 Å². The highest BCUT2D eigenvalue weighted by atomic mass is 16.2. The Morgan fingerprint density at radius 2 is 1.74 bits per heavy atom. The minimum atomic E-state index is -0.271. The average molecular weight is 247 g/mol. The lowest BCUT2D eigenvalue weighted by Gasteiger charge is -2.07. The van der Waals surface area contributed by atoms with Crippen molar-refractivity contribution in [3.63, 3.8) is 0 Å². The van der Waals surface area contributed by atoms with Crippen molar-refractivity contribution in [3.8, 4) is 0 Å². The highest BCUT2D eigenvalue weighted by Gasteiger charge is 2.34. The lowest BCUT2D eigenvalue weighted by atomic mass is 9.92.